The SMILES string of the molecule is O=C(O)c1ccc(-c2nnc(-c3cccc(I)c3)o2)cc1. The molecule has 0 atom stereocenters. The molecule has 0 bridgehead atoms. The first-order valence-electron chi connectivity index (χ1n) is 6.06. The van der Waals surface area contributed by atoms with Gasteiger partial charge in [0.05, 0.1) is 5.56 Å². The zero-order chi connectivity index (χ0) is 14.8. The summed E-state index contributed by atoms with van der Waals surface area (Å²) in [4.78, 5) is 10.8. The molecule has 0 aliphatic rings. The Morgan fingerprint density at radius 2 is 1.67 bits per heavy atom. The molecule has 3 aromatic rings. The van der Waals surface area contributed by atoms with Crippen LogP contribution >= 0.6 is 22.6 Å². The standard InChI is InChI=1S/C15H9IN2O3/c16-12-3-1-2-11(8-12)14-18-17-13(21-14)9-4-6-10(7-5-9)15(19)20/h1-8H,(H,19,20). The van der Waals surface area contributed by atoms with Crippen LogP contribution in [0.15, 0.2) is 52.9 Å². The Kier molecular flexibility index (Phi) is 3.70. The van der Waals surface area contributed by atoms with Crippen molar-refractivity contribution in [1.29, 1.82) is 0 Å². The monoisotopic (exact) mass is 392 g/mol. The van der Waals surface area contributed by atoms with Crippen LogP contribution in [0.3, 0.4) is 0 Å². The zero-order valence-electron chi connectivity index (χ0n) is 10.7. The van der Waals surface area contributed by atoms with Crippen molar-refractivity contribution in [2.45, 2.75) is 0 Å². The van der Waals surface area contributed by atoms with Crippen molar-refractivity contribution < 1.29 is 14.3 Å². The van der Waals surface area contributed by atoms with Gasteiger partial charge in [-0.2, -0.15) is 0 Å². The minimum absolute atomic E-state index is 0.219. The number of benzene rings is 2. The predicted molar refractivity (Wildman–Crippen MR) is 84.8 cm³/mol. The van der Waals surface area contributed by atoms with Gasteiger partial charge in [-0.1, -0.05) is 6.07 Å². The van der Waals surface area contributed by atoms with Gasteiger partial charge in [-0.05, 0) is 65.1 Å². The number of aromatic carboxylic acids is 1. The third-order valence-electron chi connectivity index (χ3n) is 2.88. The highest BCUT2D eigenvalue weighted by Crippen LogP contribution is 2.25. The molecular formula is C15H9IN2O3. The first-order valence-corrected chi connectivity index (χ1v) is 7.14. The summed E-state index contributed by atoms with van der Waals surface area (Å²) in [6, 6.07) is 14.1. The molecule has 0 aliphatic carbocycles. The molecule has 0 saturated carbocycles. The maximum absolute atomic E-state index is 10.8. The van der Waals surface area contributed by atoms with Crippen LogP contribution < -0.4 is 0 Å². The van der Waals surface area contributed by atoms with Gasteiger partial charge in [0.2, 0.25) is 11.8 Å². The third-order valence-corrected chi connectivity index (χ3v) is 3.55. The van der Waals surface area contributed by atoms with Crippen LogP contribution in [0.25, 0.3) is 22.9 Å². The first-order chi connectivity index (χ1) is 10.1. The number of carboxylic acids is 1. The Balaban J connectivity index is 1.93. The molecule has 0 fully saturated rings. The molecule has 3 rings (SSSR count). The lowest BCUT2D eigenvalue weighted by Gasteiger charge is -1.97. The molecule has 0 radical (unpaired) electrons. The number of nitrogens with zero attached hydrogens (tertiary/aromatic N) is 2. The Morgan fingerprint density at radius 1 is 1.00 bits per heavy atom. The molecule has 6 heteroatoms. The van der Waals surface area contributed by atoms with Crippen molar-refractivity contribution >= 4 is 28.6 Å². The Bertz CT molecular complexity index is 797. The molecule has 0 spiro atoms. The quantitative estimate of drug-likeness (QED) is 0.688. The lowest BCUT2D eigenvalue weighted by molar-refractivity contribution is 0.0697. The average molecular weight is 392 g/mol. The second-order valence-electron chi connectivity index (χ2n) is 4.31. The molecule has 0 amide bonds. The number of carboxylic acid groups (broad SMARTS) is 1. The molecule has 21 heavy (non-hydrogen) atoms. The summed E-state index contributed by atoms with van der Waals surface area (Å²) in [6.45, 7) is 0. The lowest BCUT2D eigenvalue weighted by atomic mass is 10.1. The van der Waals surface area contributed by atoms with Crippen LogP contribution in [0, 0.1) is 3.57 Å². The van der Waals surface area contributed by atoms with Crippen LogP contribution in [-0.4, -0.2) is 21.3 Å². The summed E-state index contributed by atoms with van der Waals surface area (Å²) in [5.74, 6) is -0.168. The number of hydrogen-bond donors (Lipinski definition) is 1. The van der Waals surface area contributed by atoms with E-state index < -0.39 is 5.97 Å². The van der Waals surface area contributed by atoms with Crippen molar-refractivity contribution in [2.75, 3.05) is 0 Å². The first kappa shape index (κ1) is 13.7. The summed E-state index contributed by atoms with van der Waals surface area (Å²) < 4.78 is 6.72. The van der Waals surface area contributed by atoms with Gasteiger partial charge in [0, 0.05) is 14.7 Å². The maximum Gasteiger partial charge on any atom is 0.335 e. The third kappa shape index (κ3) is 2.94. The summed E-state index contributed by atoms with van der Waals surface area (Å²) >= 11 is 2.21. The van der Waals surface area contributed by atoms with E-state index in [4.69, 9.17) is 9.52 Å². The van der Waals surface area contributed by atoms with Gasteiger partial charge in [-0.15, -0.1) is 10.2 Å². The predicted octanol–water partition coefficient (Wildman–Crippen LogP) is 3.71. The molecule has 0 aliphatic heterocycles. The summed E-state index contributed by atoms with van der Waals surface area (Å²) in [6.07, 6.45) is 0. The number of halogens is 1. The number of rotatable bonds is 3. The van der Waals surface area contributed by atoms with Gasteiger partial charge in [-0.25, -0.2) is 4.79 Å². The maximum atomic E-state index is 10.8. The van der Waals surface area contributed by atoms with E-state index in [-0.39, 0.29) is 5.56 Å². The fourth-order valence-electron chi connectivity index (χ4n) is 1.83. The van der Waals surface area contributed by atoms with Crippen molar-refractivity contribution in [3.8, 4) is 22.9 Å². The van der Waals surface area contributed by atoms with Crippen LogP contribution in [0.2, 0.25) is 0 Å². The van der Waals surface area contributed by atoms with Crippen molar-refractivity contribution in [1.82, 2.24) is 10.2 Å². The highest BCUT2D eigenvalue weighted by atomic mass is 127. The molecular weight excluding hydrogens is 383 g/mol. The minimum Gasteiger partial charge on any atom is -0.478 e. The Hall–Kier alpha value is -2.22. The van der Waals surface area contributed by atoms with E-state index in [2.05, 4.69) is 32.8 Å². The minimum atomic E-state index is -0.966. The van der Waals surface area contributed by atoms with Crippen LogP contribution in [-0.2, 0) is 0 Å². The van der Waals surface area contributed by atoms with E-state index in [1.165, 1.54) is 12.1 Å². The number of hydrogen-bond acceptors (Lipinski definition) is 4. The van der Waals surface area contributed by atoms with Gasteiger partial charge in [0.15, 0.2) is 0 Å². The topological polar surface area (TPSA) is 76.2 Å². The van der Waals surface area contributed by atoms with Gasteiger partial charge in [0.25, 0.3) is 0 Å². The fraction of sp³-hybridized carbons (Fsp3) is 0. The molecule has 104 valence electrons. The van der Waals surface area contributed by atoms with Crippen LogP contribution in [0.1, 0.15) is 10.4 Å². The fourth-order valence-corrected chi connectivity index (χ4v) is 2.38. The van der Waals surface area contributed by atoms with Crippen molar-refractivity contribution in [2.24, 2.45) is 0 Å². The highest BCUT2D eigenvalue weighted by Gasteiger charge is 2.11. The van der Waals surface area contributed by atoms with Crippen LogP contribution in [0.5, 0.6) is 0 Å². The van der Waals surface area contributed by atoms with Gasteiger partial charge >= 0.3 is 5.97 Å². The van der Waals surface area contributed by atoms with E-state index in [9.17, 15) is 4.79 Å². The summed E-state index contributed by atoms with van der Waals surface area (Å²) in [7, 11) is 0. The molecule has 5 nitrogen and oxygen atoms in total. The smallest absolute Gasteiger partial charge is 0.335 e. The lowest BCUT2D eigenvalue weighted by Crippen LogP contribution is -1.94. The van der Waals surface area contributed by atoms with Crippen LogP contribution in [0.4, 0.5) is 0 Å². The van der Waals surface area contributed by atoms with Gasteiger partial charge < -0.3 is 9.52 Å². The van der Waals surface area contributed by atoms with Crippen molar-refractivity contribution in [3.63, 3.8) is 0 Å². The number of carbonyl (C=O) groups is 1. The average Bonchev–Trinajstić information content (AvgIpc) is 2.97. The summed E-state index contributed by atoms with van der Waals surface area (Å²) in [5.41, 5.74) is 1.75. The second-order valence-corrected chi connectivity index (χ2v) is 5.55. The normalized spacial score (nSPS) is 10.5. The van der Waals surface area contributed by atoms with E-state index in [1.54, 1.807) is 12.1 Å². The number of aromatic nitrogens is 2. The molecule has 1 N–H and O–H groups in total. The molecule has 1 heterocycles. The van der Waals surface area contributed by atoms with Gasteiger partial charge in [-0.3, -0.25) is 0 Å². The van der Waals surface area contributed by atoms with Crippen molar-refractivity contribution in [3.05, 3.63) is 57.7 Å². The second kappa shape index (κ2) is 5.65. The highest BCUT2D eigenvalue weighted by molar-refractivity contribution is 14.1. The van der Waals surface area contributed by atoms with Gasteiger partial charge in [0.1, 0.15) is 0 Å². The largest absolute Gasteiger partial charge is 0.478 e. The molecule has 0 saturated heterocycles. The molecule has 2 aromatic carbocycles. The summed E-state index contributed by atoms with van der Waals surface area (Å²) in [5, 5.41) is 16.9. The Morgan fingerprint density at radius 3 is 2.29 bits per heavy atom. The zero-order valence-corrected chi connectivity index (χ0v) is 12.8. The van der Waals surface area contributed by atoms with E-state index in [0.29, 0.717) is 17.3 Å². The van der Waals surface area contributed by atoms with E-state index in [1.807, 2.05) is 24.3 Å². The van der Waals surface area contributed by atoms with E-state index in [0.717, 1.165) is 9.13 Å². The molecule has 0 unspecified atom stereocenters. The van der Waals surface area contributed by atoms with E-state index >= 15 is 0 Å². The Labute approximate surface area is 133 Å². The molecule has 1 aromatic heterocycles.